The van der Waals surface area contributed by atoms with E-state index in [1.165, 1.54) is 0 Å². The molecule has 3 aromatic rings. The van der Waals surface area contributed by atoms with Crippen LogP contribution in [0.2, 0.25) is 0 Å². The number of hydrogen-bond acceptors (Lipinski definition) is 5. The van der Waals surface area contributed by atoms with Crippen molar-refractivity contribution in [3.8, 4) is 0 Å². The lowest BCUT2D eigenvalue weighted by molar-refractivity contribution is -0.115. The second kappa shape index (κ2) is 7.98. The molecule has 1 unspecified atom stereocenters. The average molecular weight is 373 g/mol. The predicted octanol–water partition coefficient (Wildman–Crippen LogP) is 2.43. The van der Waals surface area contributed by atoms with E-state index in [0.717, 1.165) is 22.0 Å². The van der Waals surface area contributed by atoms with Crippen LogP contribution >= 0.6 is 0 Å². The van der Waals surface area contributed by atoms with Crippen LogP contribution in [0.1, 0.15) is 17.2 Å². The van der Waals surface area contributed by atoms with Crippen molar-refractivity contribution in [3.05, 3.63) is 77.6 Å². The fourth-order valence-corrected chi connectivity index (χ4v) is 3.02. The van der Waals surface area contributed by atoms with Crippen molar-refractivity contribution >= 4 is 28.8 Å². The molecule has 0 saturated carbocycles. The first-order valence-corrected chi connectivity index (χ1v) is 8.86. The quantitative estimate of drug-likeness (QED) is 0.671. The summed E-state index contributed by atoms with van der Waals surface area (Å²) in [6.45, 7) is 0.413. The molecule has 7 heteroatoms. The molecule has 1 aliphatic rings. The molecule has 28 heavy (non-hydrogen) atoms. The van der Waals surface area contributed by atoms with Gasteiger partial charge in [0, 0.05) is 12.5 Å². The van der Waals surface area contributed by atoms with E-state index in [1.807, 2.05) is 54.6 Å². The van der Waals surface area contributed by atoms with E-state index in [9.17, 15) is 4.79 Å². The van der Waals surface area contributed by atoms with Crippen LogP contribution in [0.3, 0.4) is 0 Å². The molecule has 2 aromatic carbocycles. The molecule has 0 bridgehead atoms. The minimum Gasteiger partial charge on any atom is -0.382 e. The van der Waals surface area contributed by atoms with Gasteiger partial charge in [-0.3, -0.25) is 10.1 Å². The zero-order valence-electron chi connectivity index (χ0n) is 15.3. The number of guanidine groups is 1. The lowest BCUT2D eigenvalue weighted by atomic mass is 10.1. The summed E-state index contributed by atoms with van der Waals surface area (Å²) in [6.07, 6.45) is 3.43. The monoisotopic (exact) mass is 373 g/mol. The second-order valence-electron chi connectivity index (χ2n) is 6.35. The SMILES string of the molecule is COCC(N=C1NC(=O)/C(=C/c2ccc3nnccc3c2)N1)c1ccccc1. The molecular formula is C21H19N5O2. The van der Waals surface area contributed by atoms with Crippen molar-refractivity contribution in [1.82, 2.24) is 20.8 Å². The number of amides is 1. The smallest absolute Gasteiger partial charge is 0.274 e. The molecule has 1 fully saturated rings. The van der Waals surface area contributed by atoms with E-state index >= 15 is 0 Å². The average Bonchev–Trinajstić information content (AvgIpc) is 3.07. The van der Waals surface area contributed by atoms with Gasteiger partial charge in [0.15, 0.2) is 0 Å². The molecule has 4 rings (SSSR count). The predicted molar refractivity (Wildman–Crippen MR) is 107 cm³/mol. The molecule has 1 atom stereocenters. The van der Waals surface area contributed by atoms with Gasteiger partial charge < -0.3 is 10.1 Å². The summed E-state index contributed by atoms with van der Waals surface area (Å²) in [5.74, 6) is 0.185. The summed E-state index contributed by atoms with van der Waals surface area (Å²) in [7, 11) is 1.63. The third-order valence-corrected chi connectivity index (χ3v) is 4.37. The van der Waals surface area contributed by atoms with Gasteiger partial charge in [-0.1, -0.05) is 36.4 Å². The van der Waals surface area contributed by atoms with Crippen LogP contribution in [0.15, 0.2) is 71.5 Å². The number of nitrogens with zero attached hydrogens (tertiary/aromatic N) is 3. The Kier molecular flexibility index (Phi) is 5.07. The van der Waals surface area contributed by atoms with Crippen molar-refractivity contribution in [3.63, 3.8) is 0 Å². The highest BCUT2D eigenvalue weighted by molar-refractivity contribution is 6.15. The summed E-state index contributed by atoms with van der Waals surface area (Å²) in [5, 5.41) is 14.7. The van der Waals surface area contributed by atoms with Crippen molar-refractivity contribution in [2.75, 3.05) is 13.7 Å². The molecule has 2 N–H and O–H groups in total. The minimum absolute atomic E-state index is 0.215. The van der Waals surface area contributed by atoms with E-state index in [2.05, 4.69) is 25.8 Å². The summed E-state index contributed by atoms with van der Waals surface area (Å²) >= 11 is 0. The number of rotatable bonds is 5. The number of hydrogen-bond donors (Lipinski definition) is 2. The third kappa shape index (κ3) is 3.89. The Morgan fingerprint density at radius 1 is 1.14 bits per heavy atom. The van der Waals surface area contributed by atoms with Gasteiger partial charge in [0.25, 0.3) is 5.91 Å². The van der Waals surface area contributed by atoms with Gasteiger partial charge in [0.1, 0.15) is 11.7 Å². The number of fused-ring (bicyclic) bond motifs is 1. The fourth-order valence-electron chi connectivity index (χ4n) is 3.02. The van der Waals surface area contributed by atoms with Gasteiger partial charge in [0.2, 0.25) is 5.96 Å². The van der Waals surface area contributed by atoms with Gasteiger partial charge in [0.05, 0.1) is 18.3 Å². The van der Waals surface area contributed by atoms with Crippen LogP contribution in [0.4, 0.5) is 0 Å². The maximum atomic E-state index is 12.4. The minimum atomic E-state index is -0.226. The van der Waals surface area contributed by atoms with Gasteiger partial charge in [-0.2, -0.15) is 10.2 Å². The first-order valence-electron chi connectivity index (χ1n) is 8.86. The Bertz CT molecular complexity index is 1060. The highest BCUT2D eigenvalue weighted by Gasteiger charge is 2.23. The van der Waals surface area contributed by atoms with E-state index in [4.69, 9.17) is 4.74 Å². The Balaban J connectivity index is 1.58. The molecule has 140 valence electrons. The lowest BCUT2D eigenvalue weighted by Gasteiger charge is -2.12. The van der Waals surface area contributed by atoms with Crippen molar-refractivity contribution in [1.29, 1.82) is 0 Å². The van der Waals surface area contributed by atoms with Crippen LogP contribution < -0.4 is 10.6 Å². The van der Waals surface area contributed by atoms with E-state index in [-0.39, 0.29) is 11.9 Å². The first kappa shape index (κ1) is 17.8. The number of ether oxygens (including phenoxy) is 1. The molecule has 1 saturated heterocycles. The number of aromatic nitrogens is 2. The Morgan fingerprint density at radius 3 is 2.82 bits per heavy atom. The number of nitrogens with one attached hydrogen (secondary N) is 2. The Hall–Kier alpha value is -3.58. The van der Waals surface area contributed by atoms with E-state index in [1.54, 1.807) is 19.4 Å². The topological polar surface area (TPSA) is 88.5 Å². The zero-order valence-corrected chi connectivity index (χ0v) is 15.3. The number of carbonyl (C=O) groups is 1. The molecule has 1 aliphatic heterocycles. The third-order valence-electron chi connectivity index (χ3n) is 4.37. The van der Waals surface area contributed by atoms with Crippen LogP contribution in [-0.2, 0) is 9.53 Å². The fraction of sp³-hybridized carbons (Fsp3) is 0.143. The van der Waals surface area contributed by atoms with Crippen LogP contribution in [-0.4, -0.2) is 35.8 Å². The first-order chi connectivity index (χ1) is 13.7. The Labute approximate surface area is 162 Å². The summed E-state index contributed by atoms with van der Waals surface area (Å²) in [5.41, 5.74) is 3.14. The molecule has 2 heterocycles. The van der Waals surface area contributed by atoms with Gasteiger partial charge in [-0.15, -0.1) is 0 Å². The molecular weight excluding hydrogens is 354 g/mol. The van der Waals surface area contributed by atoms with Crippen molar-refractivity contribution in [2.24, 2.45) is 4.99 Å². The van der Waals surface area contributed by atoms with Crippen LogP contribution in [0.5, 0.6) is 0 Å². The normalized spacial score (nSPS) is 17.7. The molecule has 0 aliphatic carbocycles. The van der Waals surface area contributed by atoms with Crippen LogP contribution in [0, 0.1) is 0 Å². The maximum absolute atomic E-state index is 12.4. The zero-order chi connectivity index (χ0) is 19.3. The molecule has 1 amide bonds. The van der Waals surface area contributed by atoms with E-state index in [0.29, 0.717) is 18.3 Å². The highest BCUT2D eigenvalue weighted by Crippen LogP contribution is 2.19. The van der Waals surface area contributed by atoms with Crippen LogP contribution in [0.25, 0.3) is 17.0 Å². The maximum Gasteiger partial charge on any atom is 0.274 e. The van der Waals surface area contributed by atoms with E-state index < -0.39 is 0 Å². The summed E-state index contributed by atoms with van der Waals surface area (Å²) < 4.78 is 5.29. The molecule has 1 aromatic heterocycles. The van der Waals surface area contributed by atoms with Gasteiger partial charge >= 0.3 is 0 Å². The van der Waals surface area contributed by atoms with Crippen molar-refractivity contribution in [2.45, 2.75) is 6.04 Å². The molecule has 7 nitrogen and oxygen atoms in total. The Morgan fingerprint density at radius 2 is 2.00 bits per heavy atom. The highest BCUT2D eigenvalue weighted by atomic mass is 16.5. The largest absolute Gasteiger partial charge is 0.382 e. The second-order valence-corrected chi connectivity index (χ2v) is 6.35. The summed E-state index contributed by atoms with van der Waals surface area (Å²) in [4.78, 5) is 17.0. The number of carbonyl (C=O) groups excluding carboxylic acids is 1. The van der Waals surface area contributed by atoms with Gasteiger partial charge in [-0.25, -0.2) is 4.99 Å². The number of aliphatic imine (C=N–C) groups is 1. The summed E-state index contributed by atoms with van der Waals surface area (Å²) in [6, 6.07) is 17.2. The van der Waals surface area contributed by atoms with Crippen molar-refractivity contribution < 1.29 is 9.53 Å². The van der Waals surface area contributed by atoms with Gasteiger partial charge in [-0.05, 0) is 35.4 Å². The number of methoxy groups -OCH3 is 1. The number of benzene rings is 2. The molecule has 0 radical (unpaired) electrons. The lowest BCUT2D eigenvalue weighted by Crippen LogP contribution is -2.26. The molecule has 0 spiro atoms. The standard InChI is InChI=1S/C21H19N5O2/c1-28-13-19(15-5-3-2-4-6-15)24-21-23-18(20(27)25-21)12-14-7-8-17-16(11-14)9-10-22-26-17/h2-12,19H,13H2,1H3,(H2,23,24,25,27)/b18-12-.